The average Bonchev–Trinajstić information content (AvgIpc) is 3.14. The van der Waals surface area contributed by atoms with Gasteiger partial charge >= 0.3 is 0 Å². The average molecular weight is 256 g/mol. The molecule has 2 atom stereocenters. The molecule has 2 aliphatic rings. The Balaban J connectivity index is 1.56. The molecule has 2 aromatic rings. The number of carbonyl (C=O) groups excluding carboxylic acids is 1. The molecule has 1 amide bonds. The molecule has 98 valence electrons. The Labute approximate surface area is 111 Å². The molecular weight excluding hydrogens is 240 g/mol. The van der Waals surface area contributed by atoms with Gasteiger partial charge in [-0.25, -0.2) is 0 Å². The van der Waals surface area contributed by atoms with Gasteiger partial charge in [0.1, 0.15) is 6.54 Å². The first-order chi connectivity index (χ1) is 9.31. The molecule has 4 heteroatoms. The number of amides is 1. The van der Waals surface area contributed by atoms with Crippen LogP contribution in [0.3, 0.4) is 0 Å². The van der Waals surface area contributed by atoms with E-state index in [1.54, 1.807) is 0 Å². The van der Waals surface area contributed by atoms with Gasteiger partial charge in [0, 0.05) is 18.3 Å². The summed E-state index contributed by atoms with van der Waals surface area (Å²) in [5.41, 5.74) is 1.12. The van der Waals surface area contributed by atoms with Gasteiger partial charge in [0.25, 0.3) is 0 Å². The molecular formula is C15H16N2O2. The van der Waals surface area contributed by atoms with Crippen molar-refractivity contribution in [2.75, 3.05) is 13.2 Å². The number of para-hydroxylation sites is 1. The SMILES string of the molecule is O=C(Cn1ccc2ccccc21)N1CC2CC1CO2. The first kappa shape index (κ1) is 11.1. The first-order valence-electron chi connectivity index (χ1n) is 6.76. The van der Waals surface area contributed by atoms with E-state index >= 15 is 0 Å². The van der Waals surface area contributed by atoms with E-state index in [0.717, 1.165) is 18.5 Å². The maximum absolute atomic E-state index is 12.4. The Morgan fingerprint density at radius 1 is 1.32 bits per heavy atom. The Hall–Kier alpha value is -1.81. The minimum Gasteiger partial charge on any atom is -0.374 e. The van der Waals surface area contributed by atoms with Crippen LogP contribution in [-0.2, 0) is 16.1 Å². The van der Waals surface area contributed by atoms with Crippen LogP contribution in [0.2, 0.25) is 0 Å². The van der Waals surface area contributed by atoms with Crippen LogP contribution in [0.1, 0.15) is 6.42 Å². The zero-order valence-electron chi connectivity index (χ0n) is 10.7. The molecule has 4 rings (SSSR count). The van der Waals surface area contributed by atoms with Gasteiger partial charge in [-0.05, 0) is 23.9 Å². The predicted octanol–water partition coefficient (Wildman–Crippen LogP) is 1.64. The molecule has 2 unspecified atom stereocenters. The van der Waals surface area contributed by atoms with E-state index in [2.05, 4.69) is 18.2 Å². The number of likely N-dealkylation sites (tertiary alicyclic amines) is 1. The number of nitrogens with zero attached hydrogens (tertiary/aromatic N) is 2. The number of carbonyl (C=O) groups is 1. The number of morpholine rings is 1. The number of aromatic nitrogens is 1. The van der Waals surface area contributed by atoms with Crippen molar-refractivity contribution in [2.45, 2.75) is 25.1 Å². The van der Waals surface area contributed by atoms with Crippen LogP contribution >= 0.6 is 0 Å². The van der Waals surface area contributed by atoms with Crippen molar-refractivity contribution in [1.29, 1.82) is 0 Å². The summed E-state index contributed by atoms with van der Waals surface area (Å²) >= 11 is 0. The monoisotopic (exact) mass is 256 g/mol. The lowest BCUT2D eigenvalue weighted by Crippen LogP contribution is -2.42. The van der Waals surface area contributed by atoms with Crippen LogP contribution < -0.4 is 0 Å². The van der Waals surface area contributed by atoms with E-state index in [-0.39, 0.29) is 12.0 Å². The fraction of sp³-hybridized carbons (Fsp3) is 0.400. The Kier molecular flexibility index (Phi) is 2.38. The normalized spacial score (nSPS) is 25.4. The zero-order valence-corrected chi connectivity index (χ0v) is 10.7. The topological polar surface area (TPSA) is 34.5 Å². The zero-order chi connectivity index (χ0) is 12.8. The number of fused-ring (bicyclic) bond motifs is 3. The van der Waals surface area contributed by atoms with Gasteiger partial charge in [-0.3, -0.25) is 4.79 Å². The fourth-order valence-corrected chi connectivity index (χ4v) is 3.22. The highest BCUT2D eigenvalue weighted by atomic mass is 16.5. The van der Waals surface area contributed by atoms with Crippen LogP contribution in [0.4, 0.5) is 0 Å². The summed E-state index contributed by atoms with van der Waals surface area (Å²) in [6, 6.07) is 10.5. The third-order valence-electron chi connectivity index (χ3n) is 4.21. The van der Waals surface area contributed by atoms with Gasteiger partial charge in [0.2, 0.25) is 5.91 Å². The van der Waals surface area contributed by atoms with Crippen molar-refractivity contribution in [3.63, 3.8) is 0 Å². The molecule has 2 saturated heterocycles. The highest BCUT2D eigenvalue weighted by molar-refractivity contribution is 5.83. The van der Waals surface area contributed by atoms with Crippen LogP contribution in [0.25, 0.3) is 10.9 Å². The molecule has 1 aromatic heterocycles. The standard InChI is InChI=1S/C15H16N2O2/c18-15(17-8-13-7-12(17)10-19-13)9-16-6-5-11-3-1-2-4-14(11)16/h1-6,12-13H,7-10H2. The molecule has 19 heavy (non-hydrogen) atoms. The van der Waals surface area contributed by atoms with Crippen LogP contribution in [0, 0.1) is 0 Å². The van der Waals surface area contributed by atoms with E-state index in [4.69, 9.17) is 4.74 Å². The maximum Gasteiger partial charge on any atom is 0.242 e. The fourth-order valence-electron chi connectivity index (χ4n) is 3.22. The van der Waals surface area contributed by atoms with E-state index in [1.807, 2.05) is 27.8 Å². The maximum atomic E-state index is 12.4. The second-order valence-electron chi connectivity index (χ2n) is 5.39. The van der Waals surface area contributed by atoms with E-state index < -0.39 is 0 Å². The summed E-state index contributed by atoms with van der Waals surface area (Å²) in [7, 11) is 0. The van der Waals surface area contributed by atoms with Gasteiger partial charge in [-0.1, -0.05) is 18.2 Å². The molecule has 1 aromatic carbocycles. The minimum atomic E-state index is 0.206. The third-order valence-corrected chi connectivity index (χ3v) is 4.21. The molecule has 0 aliphatic carbocycles. The van der Waals surface area contributed by atoms with Crippen LogP contribution in [0.5, 0.6) is 0 Å². The second kappa shape index (κ2) is 4.10. The molecule has 3 heterocycles. The summed E-state index contributed by atoms with van der Waals surface area (Å²) in [5.74, 6) is 0.206. The smallest absolute Gasteiger partial charge is 0.242 e. The molecule has 0 radical (unpaired) electrons. The van der Waals surface area contributed by atoms with Crippen LogP contribution in [0.15, 0.2) is 36.5 Å². The van der Waals surface area contributed by atoms with E-state index in [9.17, 15) is 4.79 Å². The van der Waals surface area contributed by atoms with Gasteiger partial charge in [-0.2, -0.15) is 0 Å². The van der Waals surface area contributed by atoms with Gasteiger partial charge in [0.05, 0.1) is 18.8 Å². The lowest BCUT2D eigenvalue weighted by Gasteiger charge is -2.27. The quantitative estimate of drug-likeness (QED) is 0.818. The predicted molar refractivity (Wildman–Crippen MR) is 71.8 cm³/mol. The third kappa shape index (κ3) is 1.75. The second-order valence-corrected chi connectivity index (χ2v) is 5.39. The molecule has 4 nitrogen and oxygen atoms in total. The van der Waals surface area contributed by atoms with Crippen LogP contribution in [-0.4, -0.2) is 40.7 Å². The van der Waals surface area contributed by atoms with E-state index in [0.29, 0.717) is 19.2 Å². The summed E-state index contributed by atoms with van der Waals surface area (Å²) in [4.78, 5) is 14.4. The molecule has 0 saturated carbocycles. The first-order valence-corrected chi connectivity index (χ1v) is 6.76. The minimum absolute atomic E-state index is 0.206. The highest BCUT2D eigenvalue weighted by Crippen LogP contribution is 2.28. The summed E-state index contributed by atoms with van der Waals surface area (Å²) in [5, 5.41) is 1.18. The van der Waals surface area contributed by atoms with E-state index in [1.165, 1.54) is 5.39 Å². The van der Waals surface area contributed by atoms with Gasteiger partial charge < -0.3 is 14.2 Å². The summed E-state index contributed by atoms with van der Waals surface area (Å²) in [6.45, 7) is 1.91. The van der Waals surface area contributed by atoms with Gasteiger partial charge in [0.15, 0.2) is 0 Å². The Bertz CT molecular complexity index is 634. The highest BCUT2D eigenvalue weighted by Gasteiger charge is 2.41. The van der Waals surface area contributed by atoms with Crippen molar-refractivity contribution in [3.05, 3.63) is 36.5 Å². The van der Waals surface area contributed by atoms with Crippen molar-refractivity contribution in [2.24, 2.45) is 0 Å². The molecule has 0 spiro atoms. The molecule has 0 N–H and O–H groups in total. The largest absolute Gasteiger partial charge is 0.374 e. The van der Waals surface area contributed by atoms with Gasteiger partial charge in [-0.15, -0.1) is 0 Å². The van der Waals surface area contributed by atoms with Crippen molar-refractivity contribution < 1.29 is 9.53 Å². The van der Waals surface area contributed by atoms with Crippen molar-refractivity contribution in [3.8, 4) is 0 Å². The number of ether oxygens (including phenoxy) is 1. The Morgan fingerprint density at radius 2 is 2.21 bits per heavy atom. The number of hydrogen-bond acceptors (Lipinski definition) is 2. The van der Waals surface area contributed by atoms with Crippen molar-refractivity contribution >= 4 is 16.8 Å². The number of benzene rings is 1. The number of hydrogen-bond donors (Lipinski definition) is 0. The molecule has 2 bridgehead atoms. The molecule has 2 aliphatic heterocycles. The number of rotatable bonds is 2. The molecule has 2 fully saturated rings. The lowest BCUT2D eigenvalue weighted by atomic mass is 10.2. The van der Waals surface area contributed by atoms with Crippen molar-refractivity contribution in [1.82, 2.24) is 9.47 Å². The summed E-state index contributed by atoms with van der Waals surface area (Å²) in [6.07, 6.45) is 3.28. The Morgan fingerprint density at radius 3 is 3.00 bits per heavy atom. The lowest BCUT2D eigenvalue weighted by molar-refractivity contribution is -0.136. The summed E-state index contributed by atoms with van der Waals surface area (Å²) < 4.78 is 7.57.